The maximum absolute atomic E-state index is 11.4. The summed E-state index contributed by atoms with van der Waals surface area (Å²) >= 11 is 0. The van der Waals surface area contributed by atoms with Gasteiger partial charge in [-0.2, -0.15) is 0 Å². The summed E-state index contributed by atoms with van der Waals surface area (Å²) in [5.41, 5.74) is 7.46. The number of hydrogen-bond acceptors (Lipinski definition) is 4. The maximum Gasteiger partial charge on any atom is 0.252 e. The molecule has 1 heterocycles. The number of nitrogens with two attached hydrogens (primary N) is 1. The van der Waals surface area contributed by atoms with Crippen molar-refractivity contribution in [3.63, 3.8) is 0 Å². The number of primary amides is 1. The molecule has 0 unspecified atom stereocenters. The first-order valence-electron chi connectivity index (χ1n) is 5.48. The van der Waals surface area contributed by atoms with Gasteiger partial charge in [-0.05, 0) is 12.1 Å². The minimum Gasteiger partial charge on any atom is -0.496 e. The Morgan fingerprint density at radius 3 is 2.67 bits per heavy atom. The van der Waals surface area contributed by atoms with Crippen LogP contribution in [-0.4, -0.2) is 32.1 Å². The van der Waals surface area contributed by atoms with E-state index in [0.717, 1.165) is 16.6 Å². The fourth-order valence-electron chi connectivity index (χ4n) is 1.91. The summed E-state index contributed by atoms with van der Waals surface area (Å²) in [5.74, 6) is -0.0688. The van der Waals surface area contributed by atoms with Gasteiger partial charge >= 0.3 is 0 Å². The highest BCUT2D eigenvalue weighted by Crippen LogP contribution is 2.30. The maximum atomic E-state index is 11.4. The number of nitrogens with zero attached hydrogens (tertiary/aromatic N) is 2. The van der Waals surface area contributed by atoms with Gasteiger partial charge in [0.05, 0.1) is 18.2 Å². The summed E-state index contributed by atoms with van der Waals surface area (Å²) in [6.45, 7) is 0. The van der Waals surface area contributed by atoms with Crippen LogP contribution in [0.25, 0.3) is 10.9 Å². The number of ether oxygens (including phenoxy) is 1. The third kappa shape index (κ3) is 1.95. The number of fused-ring (bicyclic) bond motifs is 1. The van der Waals surface area contributed by atoms with E-state index < -0.39 is 5.91 Å². The zero-order chi connectivity index (χ0) is 13.3. The van der Waals surface area contributed by atoms with Gasteiger partial charge in [-0.1, -0.05) is 0 Å². The smallest absolute Gasteiger partial charge is 0.252 e. The molecule has 1 aromatic carbocycles. The van der Waals surface area contributed by atoms with Crippen LogP contribution >= 0.6 is 0 Å². The highest BCUT2D eigenvalue weighted by Gasteiger charge is 2.13. The Hall–Kier alpha value is -2.30. The Morgan fingerprint density at radius 1 is 1.39 bits per heavy atom. The van der Waals surface area contributed by atoms with Gasteiger partial charge in [-0.15, -0.1) is 0 Å². The molecular weight excluding hydrogens is 230 g/mol. The van der Waals surface area contributed by atoms with Gasteiger partial charge in [0, 0.05) is 37.4 Å². The van der Waals surface area contributed by atoms with Gasteiger partial charge in [0.25, 0.3) is 5.91 Å². The van der Waals surface area contributed by atoms with Gasteiger partial charge in [0.15, 0.2) is 0 Å². The van der Waals surface area contributed by atoms with E-state index in [0.29, 0.717) is 11.3 Å². The monoisotopic (exact) mass is 245 g/mol. The van der Waals surface area contributed by atoms with E-state index >= 15 is 0 Å². The van der Waals surface area contributed by atoms with E-state index in [4.69, 9.17) is 10.5 Å². The van der Waals surface area contributed by atoms with E-state index in [9.17, 15) is 4.79 Å². The fraction of sp³-hybridized carbons (Fsp3) is 0.231. The number of carbonyl (C=O) groups excluding carboxylic acids is 1. The van der Waals surface area contributed by atoms with Gasteiger partial charge < -0.3 is 15.4 Å². The second kappa shape index (κ2) is 4.52. The molecule has 5 heteroatoms. The molecule has 0 saturated heterocycles. The number of anilines is 1. The lowest BCUT2D eigenvalue weighted by molar-refractivity contribution is 0.0997. The topological polar surface area (TPSA) is 68.4 Å². The molecule has 18 heavy (non-hydrogen) atoms. The SMILES string of the molecule is COc1cc2nccc(N(C)C)c2cc1C(N)=O. The average Bonchev–Trinajstić information content (AvgIpc) is 2.35. The third-order valence-electron chi connectivity index (χ3n) is 2.79. The Kier molecular flexibility index (Phi) is 3.06. The first kappa shape index (κ1) is 12.2. The van der Waals surface area contributed by atoms with E-state index in [1.165, 1.54) is 7.11 Å². The Labute approximate surface area is 105 Å². The molecule has 2 N–H and O–H groups in total. The average molecular weight is 245 g/mol. The molecule has 0 spiro atoms. The van der Waals surface area contributed by atoms with Crippen LogP contribution in [0.4, 0.5) is 5.69 Å². The van der Waals surface area contributed by atoms with Gasteiger partial charge in [0.1, 0.15) is 5.75 Å². The molecule has 0 aliphatic heterocycles. The van der Waals surface area contributed by atoms with Crippen molar-refractivity contribution in [2.45, 2.75) is 0 Å². The van der Waals surface area contributed by atoms with Crippen LogP contribution < -0.4 is 15.4 Å². The van der Waals surface area contributed by atoms with E-state index in [1.54, 1.807) is 18.3 Å². The zero-order valence-electron chi connectivity index (χ0n) is 10.6. The van der Waals surface area contributed by atoms with Gasteiger partial charge in [0.2, 0.25) is 0 Å². The van der Waals surface area contributed by atoms with Gasteiger partial charge in [-0.3, -0.25) is 9.78 Å². The van der Waals surface area contributed by atoms with Crippen LogP contribution in [0.2, 0.25) is 0 Å². The van der Waals surface area contributed by atoms with E-state index in [2.05, 4.69) is 4.98 Å². The molecule has 1 amide bonds. The summed E-state index contributed by atoms with van der Waals surface area (Å²) in [6, 6.07) is 5.33. The highest BCUT2D eigenvalue weighted by atomic mass is 16.5. The van der Waals surface area contributed by atoms with Crippen molar-refractivity contribution in [2.75, 3.05) is 26.1 Å². The molecule has 0 aliphatic rings. The number of carbonyl (C=O) groups is 1. The molecular formula is C13H15N3O2. The van der Waals surface area contributed by atoms with Crippen LogP contribution in [-0.2, 0) is 0 Å². The Balaban J connectivity index is 2.79. The van der Waals surface area contributed by atoms with Crippen LogP contribution in [0.15, 0.2) is 24.4 Å². The predicted molar refractivity (Wildman–Crippen MR) is 71.1 cm³/mol. The molecule has 1 aromatic heterocycles. The fourth-order valence-corrected chi connectivity index (χ4v) is 1.91. The third-order valence-corrected chi connectivity index (χ3v) is 2.79. The summed E-state index contributed by atoms with van der Waals surface area (Å²) in [5, 5.41) is 0.872. The molecule has 94 valence electrons. The van der Waals surface area contributed by atoms with Crippen LogP contribution in [0.5, 0.6) is 5.75 Å². The molecule has 2 rings (SSSR count). The standard InChI is InChI=1S/C13H15N3O2/c1-16(2)11-4-5-15-10-7-12(18-3)9(13(14)17)6-8(10)11/h4-7H,1-3H3,(H2,14,17). The number of aromatic nitrogens is 1. The molecule has 0 bridgehead atoms. The van der Waals surface area contributed by atoms with Crippen molar-refractivity contribution >= 4 is 22.5 Å². The lowest BCUT2D eigenvalue weighted by Crippen LogP contribution is -2.14. The molecule has 5 nitrogen and oxygen atoms in total. The van der Waals surface area contributed by atoms with Crippen LogP contribution in [0.1, 0.15) is 10.4 Å². The van der Waals surface area contributed by atoms with Crippen molar-refractivity contribution in [1.82, 2.24) is 4.98 Å². The summed E-state index contributed by atoms with van der Waals surface area (Å²) in [4.78, 5) is 17.6. The summed E-state index contributed by atoms with van der Waals surface area (Å²) in [7, 11) is 5.37. The predicted octanol–water partition coefficient (Wildman–Crippen LogP) is 1.41. The molecule has 0 saturated carbocycles. The van der Waals surface area contributed by atoms with Crippen LogP contribution in [0, 0.1) is 0 Å². The van der Waals surface area contributed by atoms with Crippen molar-refractivity contribution in [2.24, 2.45) is 5.73 Å². The quantitative estimate of drug-likeness (QED) is 0.887. The Bertz CT molecular complexity index is 608. The first-order chi connectivity index (χ1) is 8.54. The number of benzene rings is 1. The van der Waals surface area contributed by atoms with E-state index in [-0.39, 0.29) is 0 Å². The summed E-state index contributed by atoms with van der Waals surface area (Å²) in [6.07, 6.45) is 1.72. The molecule has 0 aliphatic carbocycles. The minimum atomic E-state index is -0.512. The zero-order valence-corrected chi connectivity index (χ0v) is 10.6. The van der Waals surface area contributed by atoms with Crippen molar-refractivity contribution in [1.29, 1.82) is 0 Å². The summed E-state index contributed by atoms with van der Waals surface area (Å²) < 4.78 is 5.16. The molecule has 0 radical (unpaired) electrons. The normalized spacial score (nSPS) is 10.4. The minimum absolute atomic E-state index is 0.362. The number of rotatable bonds is 3. The number of hydrogen-bond donors (Lipinski definition) is 1. The first-order valence-corrected chi connectivity index (χ1v) is 5.48. The van der Waals surface area contributed by atoms with Crippen molar-refractivity contribution in [3.8, 4) is 5.75 Å². The van der Waals surface area contributed by atoms with E-state index in [1.807, 2.05) is 25.1 Å². The lowest BCUT2D eigenvalue weighted by Gasteiger charge is -2.16. The second-order valence-corrected chi connectivity index (χ2v) is 4.16. The molecule has 0 atom stereocenters. The number of methoxy groups -OCH3 is 1. The number of amides is 1. The highest BCUT2D eigenvalue weighted by molar-refractivity contribution is 6.03. The van der Waals surface area contributed by atoms with Crippen LogP contribution in [0.3, 0.4) is 0 Å². The van der Waals surface area contributed by atoms with Crippen molar-refractivity contribution in [3.05, 3.63) is 30.0 Å². The largest absolute Gasteiger partial charge is 0.496 e. The van der Waals surface area contributed by atoms with Gasteiger partial charge in [-0.25, -0.2) is 0 Å². The molecule has 0 fully saturated rings. The second-order valence-electron chi connectivity index (χ2n) is 4.16. The number of pyridine rings is 1. The molecule has 2 aromatic rings. The lowest BCUT2D eigenvalue weighted by atomic mass is 10.1. The Morgan fingerprint density at radius 2 is 2.11 bits per heavy atom. The van der Waals surface area contributed by atoms with Crippen molar-refractivity contribution < 1.29 is 9.53 Å².